The van der Waals surface area contributed by atoms with Crippen molar-refractivity contribution in [3.8, 4) is 17.7 Å². The highest BCUT2D eigenvalue weighted by Gasteiger charge is 1.89. The SMILES string of the molecule is CC#CNc1ccc(OC)cc1. The number of rotatable bonds is 2. The molecule has 0 aliphatic carbocycles. The Morgan fingerprint density at radius 2 is 1.92 bits per heavy atom. The number of benzene rings is 1. The standard InChI is InChI=1S/C10H11NO/c1-3-8-11-9-4-6-10(12-2)7-5-9/h4-7,11H,1-2H3. The lowest BCUT2D eigenvalue weighted by atomic mass is 10.3. The average Bonchev–Trinajstić information content (AvgIpc) is 2.15. The van der Waals surface area contributed by atoms with Crippen LogP contribution < -0.4 is 10.1 Å². The van der Waals surface area contributed by atoms with Gasteiger partial charge in [-0.05, 0) is 31.2 Å². The smallest absolute Gasteiger partial charge is 0.119 e. The molecule has 0 saturated carbocycles. The molecule has 1 aromatic rings. The van der Waals surface area contributed by atoms with E-state index < -0.39 is 0 Å². The quantitative estimate of drug-likeness (QED) is 0.529. The summed E-state index contributed by atoms with van der Waals surface area (Å²) in [5, 5.41) is 2.93. The summed E-state index contributed by atoms with van der Waals surface area (Å²) in [5.74, 6) is 3.60. The van der Waals surface area contributed by atoms with Crippen LogP contribution in [-0.4, -0.2) is 7.11 Å². The van der Waals surface area contributed by atoms with Crippen LogP contribution in [0.25, 0.3) is 0 Å². The maximum atomic E-state index is 5.01. The first-order valence-electron chi connectivity index (χ1n) is 3.68. The van der Waals surface area contributed by atoms with Gasteiger partial charge < -0.3 is 10.1 Å². The molecular formula is C10H11NO. The molecule has 0 aliphatic heterocycles. The van der Waals surface area contributed by atoms with Gasteiger partial charge in [-0.3, -0.25) is 0 Å². The zero-order valence-electron chi connectivity index (χ0n) is 7.22. The Bertz CT molecular complexity index is 292. The predicted octanol–water partition coefficient (Wildman–Crippen LogP) is 2.09. The van der Waals surface area contributed by atoms with Crippen molar-refractivity contribution in [3.63, 3.8) is 0 Å². The molecule has 0 saturated heterocycles. The van der Waals surface area contributed by atoms with Crippen LogP contribution in [-0.2, 0) is 0 Å². The molecule has 0 fully saturated rings. The number of anilines is 1. The van der Waals surface area contributed by atoms with Crippen LogP contribution in [0.4, 0.5) is 5.69 Å². The van der Waals surface area contributed by atoms with E-state index in [1.54, 1.807) is 14.0 Å². The third-order valence-electron chi connectivity index (χ3n) is 1.42. The zero-order valence-corrected chi connectivity index (χ0v) is 7.22. The van der Waals surface area contributed by atoms with Gasteiger partial charge in [-0.1, -0.05) is 5.92 Å². The van der Waals surface area contributed by atoms with Gasteiger partial charge in [0.2, 0.25) is 0 Å². The van der Waals surface area contributed by atoms with Gasteiger partial charge in [0.25, 0.3) is 0 Å². The molecule has 0 atom stereocenters. The fourth-order valence-electron chi connectivity index (χ4n) is 0.809. The number of nitrogens with one attached hydrogen (secondary N) is 1. The topological polar surface area (TPSA) is 21.3 Å². The monoisotopic (exact) mass is 161 g/mol. The molecule has 0 radical (unpaired) electrons. The Hall–Kier alpha value is -1.62. The number of ether oxygens (including phenoxy) is 1. The molecule has 0 spiro atoms. The maximum absolute atomic E-state index is 5.01. The third-order valence-corrected chi connectivity index (χ3v) is 1.42. The molecule has 0 unspecified atom stereocenters. The highest BCUT2D eigenvalue weighted by atomic mass is 16.5. The van der Waals surface area contributed by atoms with Gasteiger partial charge in [-0.2, -0.15) is 0 Å². The van der Waals surface area contributed by atoms with E-state index in [0.29, 0.717) is 0 Å². The van der Waals surface area contributed by atoms with Crippen molar-refractivity contribution in [3.05, 3.63) is 24.3 Å². The summed E-state index contributed by atoms with van der Waals surface area (Å²) in [6.45, 7) is 1.79. The second-order valence-corrected chi connectivity index (χ2v) is 2.23. The highest BCUT2D eigenvalue weighted by molar-refractivity contribution is 5.49. The van der Waals surface area contributed by atoms with E-state index in [-0.39, 0.29) is 0 Å². The zero-order chi connectivity index (χ0) is 8.81. The number of methoxy groups -OCH3 is 1. The van der Waals surface area contributed by atoms with Gasteiger partial charge >= 0.3 is 0 Å². The van der Waals surface area contributed by atoms with Gasteiger partial charge in [0.1, 0.15) is 5.75 Å². The lowest BCUT2D eigenvalue weighted by molar-refractivity contribution is 0.415. The molecule has 0 heterocycles. The molecule has 0 amide bonds. The molecule has 62 valence electrons. The van der Waals surface area contributed by atoms with Crippen molar-refractivity contribution in [2.24, 2.45) is 0 Å². The summed E-state index contributed by atoms with van der Waals surface area (Å²) in [7, 11) is 1.65. The largest absolute Gasteiger partial charge is 0.497 e. The third kappa shape index (κ3) is 2.21. The van der Waals surface area contributed by atoms with Crippen molar-refractivity contribution in [2.45, 2.75) is 6.92 Å². The molecule has 12 heavy (non-hydrogen) atoms. The Morgan fingerprint density at radius 3 is 2.42 bits per heavy atom. The van der Waals surface area contributed by atoms with Crippen LogP contribution in [0.3, 0.4) is 0 Å². The van der Waals surface area contributed by atoms with E-state index in [0.717, 1.165) is 11.4 Å². The summed E-state index contributed by atoms with van der Waals surface area (Å²) < 4.78 is 5.01. The minimum atomic E-state index is 0.852. The minimum Gasteiger partial charge on any atom is -0.497 e. The Morgan fingerprint density at radius 1 is 1.25 bits per heavy atom. The van der Waals surface area contributed by atoms with Crippen LogP contribution in [0.2, 0.25) is 0 Å². The van der Waals surface area contributed by atoms with Crippen LogP contribution in [0, 0.1) is 12.0 Å². The lowest BCUT2D eigenvalue weighted by Crippen LogP contribution is -1.87. The number of hydrogen-bond acceptors (Lipinski definition) is 2. The molecule has 0 aromatic heterocycles. The first kappa shape index (κ1) is 8.48. The van der Waals surface area contributed by atoms with Gasteiger partial charge in [0.15, 0.2) is 0 Å². The van der Waals surface area contributed by atoms with Crippen LogP contribution >= 0.6 is 0 Å². The highest BCUT2D eigenvalue weighted by Crippen LogP contribution is 2.14. The summed E-state index contributed by atoms with van der Waals surface area (Å²) in [6.07, 6.45) is 0. The van der Waals surface area contributed by atoms with E-state index in [2.05, 4.69) is 17.3 Å². The summed E-state index contributed by atoms with van der Waals surface area (Å²) in [4.78, 5) is 0. The maximum Gasteiger partial charge on any atom is 0.119 e. The molecule has 0 aliphatic rings. The minimum absolute atomic E-state index is 0.852. The van der Waals surface area contributed by atoms with Crippen LogP contribution in [0.5, 0.6) is 5.75 Å². The van der Waals surface area contributed by atoms with Crippen molar-refractivity contribution in [2.75, 3.05) is 12.4 Å². The predicted molar refractivity (Wildman–Crippen MR) is 50.1 cm³/mol. The first-order valence-corrected chi connectivity index (χ1v) is 3.68. The number of hydrogen-bond donors (Lipinski definition) is 1. The van der Waals surface area contributed by atoms with E-state index in [1.807, 2.05) is 24.3 Å². The van der Waals surface area contributed by atoms with E-state index in [4.69, 9.17) is 4.74 Å². The molecular weight excluding hydrogens is 150 g/mol. The summed E-state index contributed by atoms with van der Waals surface area (Å²) >= 11 is 0. The fourth-order valence-corrected chi connectivity index (χ4v) is 0.809. The van der Waals surface area contributed by atoms with Crippen LogP contribution in [0.15, 0.2) is 24.3 Å². The van der Waals surface area contributed by atoms with Gasteiger partial charge in [-0.25, -0.2) is 0 Å². The lowest BCUT2D eigenvalue weighted by Gasteiger charge is -2.00. The second kappa shape index (κ2) is 4.30. The van der Waals surface area contributed by atoms with Crippen molar-refractivity contribution >= 4 is 5.69 Å². The van der Waals surface area contributed by atoms with E-state index >= 15 is 0 Å². The van der Waals surface area contributed by atoms with Gasteiger partial charge in [0.05, 0.1) is 7.11 Å². The molecule has 1 rings (SSSR count). The Kier molecular flexibility index (Phi) is 3.04. The Balaban J connectivity index is 2.69. The fraction of sp³-hybridized carbons (Fsp3) is 0.200. The normalized spacial score (nSPS) is 8.17. The van der Waals surface area contributed by atoms with Gasteiger partial charge in [-0.15, -0.1) is 0 Å². The Labute approximate surface area is 72.6 Å². The van der Waals surface area contributed by atoms with Crippen molar-refractivity contribution < 1.29 is 4.74 Å². The summed E-state index contributed by atoms with van der Waals surface area (Å²) in [5.41, 5.74) is 0.977. The average molecular weight is 161 g/mol. The van der Waals surface area contributed by atoms with E-state index in [1.165, 1.54) is 0 Å². The van der Waals surface area contributed by atoms with Crippen LogP contribution in [0.1, 0.15) is 6.92 Å². The first-order chi connectivity index (χ1) is 5.86. The molecule has 0 bridgehead atoms. The van der Waals surface area contributed by atoms with E-state index in [9.17, 15) is 0 Å². The second-order valence-electron chi connectivity index (χ2n) is 2.23. The molecule has 2 nitrogen and oxygen atoms in total. The summed E-state index contributed by atoms with van der Waals surface area (Å²) in [6, 6.07) is 10.4. The van der Waals surface area contributed by atoms with Gasteiger partial charge in [0, 0.05) is 11.7 Å². The molecule has 1 aromatic carbocycles. The molecule has 1 N–H and O–H groups in total. The van der Waals surface area contributed by atoms with Crippen molar-refractivity contribution in [1.29, 1.82) is 0 Å². The van der Waals surface area contributed by atoms with Crippen molar-refractivity contribution in [1.82, 2.24) is 0 Å². The molecule has 2 heteroatoms.